The molecule has 0 bridgehead atoms. The van der Waals surface area contributed by atoms with E-state index in [-0.39, 0.29) is 5.41 Å². The molecule has 0 atom stereocenters. The third-order valence-electron chi connectivity index (χ3n) is 2.54. The molecule has 17 heavy (non-hydrogen) atoms. The lowest BCUT2D eigenvalue weighted by atomic mass is 9.90. The van der Waals surface area contributed by atoms with Gasteiger partial charge in [-0.15, -0.1) is 0 Å². The summed E-state index contributed by atoms with van der Waals surface area (Å²) in [6, 6.07) is 5.50. The van der Waals surface area contributed by atoms with E-state index in [0.29, 0.717) is 22.4 Å². The third kappa shape index (κ3) is 4.45. The molecule has 0 fully saturated rings. The number of ether oxygens (including phenoxy) is 1. The van der Waals surface area contributed by atoms with Crippen LogP contribution in [0, 0.1) is 5.41 Å². The Balaban J connectivity index is 2.57. The Morgan fingerprint density at radius 2 is 2.18 bits per heavy atom. The fraction of sp³-hybridized carbons (Fsp3) is 0.417. The number of hydrogen-bond acceptors (Lipinski definition) is 2. The lowest BCUT2D eigenvalue weighted by molar-refractivity contribution is 0.270. The Morgan fingerprint density at radius 1 is 1.53 bits per heavy atom. The van der Waals surface area contributed by atoms with Crippen molar-refractivity contribution in [2.24, 2.45) is 11.1 Å². The molecular formula is C12H15BrClNOS. The van der Waals surface area contributed by atoms with Crippen molar-refractivity contribution in [3.8, 4) is 5.75 Å². The van der Waals surface area contributed by atoms with Crippen LogP contribution in [0.4, 0.5) is 0 Å². The summed E-state index contributed by atoms with van der Waals surface area (Å²) >= 11 is 14.4. The van der Waals surface area contributed by atoms with Crippen molar-refractivity contribution in [1.29, 1.82) is 0 Å². The van der Waals surface area contributed by atoms with Crippen LogP contribution in [0.25, 0.3) is 0 Å². The smallest absolute Gasteiger partial charge is 0.139 e. The molecule has 0 amide bonds. The van der Waals surface area contributed by atoms with E-state index in [1.165, 1.54) is 0 Å². The zero-order valence-electron chi connectivity index (χ0n) is 9.80. The first-order valence-electron chi connectivity index (χ1n) is 5.21. The van der Waals surface area contributed by atoms with Gasteiger partial charge in [0.1, 0.15) is 5.75 Å². The number of hydrogen-bond donors (Lipinski definition) is 1. The Bertz CT molecular complexity index is 423. The molecule has 2 N–H and O–H groups in total. The minimum Gasteiger partial charge on any atom is -0.492 e. The minimum absolute atomic E-state index is 0.201. The van der Waals surface area contributed by atoms with Gasteiger partial charge in [-0.05, 0) is 24.6 Å². The van der Waals surface area contributed by atoms with Crippen LogP contribution in [0.15, 0.2) is 22.7 Å². The number of halogens is 2. The summed E-state index contributed by atoms with van der Waals surface area (Å²) in [6.45, 7) is 4.53. The number of thiocarbonyl (C=S) groups is 1. The van der Waals surface area contributed by atoms with Gasteiger partial charge in [-0.2, -0.15) is 0 Å². The van der Waals surface area contributed by atoms with E-state index in [0.717, 1.165) is 10.9 Å². The predicted molar refractivity (Wildman–Crippen MR) is 79.8 cm³/mol. The van der Waals surface area contributed by atoms with Crippen molar-refractivity contribution >= 4 is 44.7 Å². The summed E-state index contributed by atoms with van der Waals surface area (Å²) < 4.78 is 6.56. The third-order valence-corrected chi connectivity index (χ3v) is 3.90. The fourth-order valence-corrected chi connectivity index (χ4v) is 1.74. The summed E-state index contributed by atoms with van der Waals surface area (Å²) in [5.41, 5.74) is 5.45. The summed E-state index contributed by atoms with van der Waals surface area (Å²) in [5, 5.41) is 0.598. The summed E-state index contributed by atoms with van der Waals surface area (Å²) in [4.78, 5) is 0.501. The van der Waals surface area contributed by atoms with Crippen molar-refractivity contribution in [1.82, 2.24) is 0 Å². The van der Waals surface area contributed by atoms with Gasteiger partial charge in [-0.25, -0.2) is 0 Å². The van der Waals surface area contributed by atoms with Crippen LogP contribution in [-0.4, -0.2) is 11.6 Å². The van der Waals surface area contributed by atoms with Crippen molar-refractivity contribution in [2.75, 3.05) is 6.61 Å². The van der Waals surface area contributed by atoms with Crippen LogP contribution in [0.2, 0.25) is 5.02 Å². The Hall–Kier alpha value is -0.320. The Kier molecular flexibility index (Phi) is 5.22. The maximum atomic E-state index is 6.01. The molecule has 5 heteroatoms. The van der Waals surface area contributed by atoms with Crippen LogP contribution in [-0.2, 0) is 0 Å². The molecule has 94 valence electrons. The van der Waals surface area contributed by atoms with Gasteiger partial charge in [0.05, 0.1) is 16.6 Å². The van der Waals surface area contributed by atoms with Crippen LogP contribution >= 0.6 is 39.7 Å². The summed E-state index contributed by atoms with van der Waals surface area (Å²) in [7, 11) is 0. The van der Waals surface area contributed by atoms with Crippen LogP contribution in [0.3, 0.4) is 0 Å². The first-order chi connectivity index (χ1) is 7.83. The molecule has 0 heterocycles. The predicted octanol–water partition coefficient (Wildman–Crippen LogP) is 4.18. The summed E-state index contributed by atoms with van der Waals surface area (Å²) in [5.74, 6) is 0.666. The molecule has 0 unspecified atom stereocenters. The van der Waals surface area contributed by atoms with E-state index in [2.05, 4.69) is 15.9 Å². The fourth-order valence-electron chi connectivity index (χ4n) is 1.13. The number of benzene rings is 1. The molecule has 0 aliphatic heterocycles. The first-order valence-corrected chi connectivity index (χ1v) is 6.78. The average Bonchev–Trinajstić information content (AvgIpc) is 2.22. The van der Waals surface area contributed by atoms with Crippen LogP contribution in [0.5, 0.6) is 5.75 Å². The van der Waals surface area contributed by atoms with Gasteiger partial charge < -0.3 is 10.5 Å². The van der Waals surface area contributed by atoms with E-state index >= 15 is 0 Å². The van der Waals surface area contributed by atoms with E-state index in [1.54, 1.807) is 6.07 Å². The molecule has 2 nitrogen and oxygen atoms in total. The van der Waals surface area contributed by atoms with Gasteiger partial charge in [0.15, 0.2) is 0 Å². The molecule has 1 rings (SSSR count). The monoisotopic (exact) mass is 335 g/mol. The molecular weight excluding hydrogens is 322 g/mol. The van der Waals surface area contributed by atoms with Gasteiger partial charge in [-0.1, -0.05) is 53.6 Å². The first kappa shape index (κ1) is 14.7. The highest BCUT2D eigenvalue weighted by atomic mass is 79.9. The second-order valence-electron chi connectivity index (χ2n) is 4.42. The second-order valence-corrected chi connectivity index (χ2v) is 6.18. The normalized spacial score (nSPS) is 11.3. The summed E-state index contributed by atoms with van der Waals surface area (Å²) in [6.07, 6.45) is 0.755. The molecule has 0 aromatic heterocycles. The van der Waals surface area contributed by atoms with E-state index < -0.39 is 0 Å². The zero-order chi connectivity index (χ0) is 13.1. The molecule has 0 aliphatic rings. The molecule has 0 aliphatic carbocycles. The lowest BCUT2D eigenvalue weighted by Gasteiger charge is -2.23. The molecule has 0 radical (unpaired) electrons. The molecule has 0 spiro atoms. The van der Waals surface area contributed by atoms with E-state index in [1.807, 2.05) is 26.0 Å². The highest BCUT2D eigenvalue weighted by molar-refractivity contribution is 9.10. The Labute approximate surface area is 121 Å². The molecule has 0 saturated carbocycles. The van der Waals surface area contributed by atoms with Crippen molar-refractivity contribution in [2.45, 2.75) is 20.3 Å². The SMILES string of the molecule is CC(C)(CCOc1cc(Br)ccc1Cl)C(N)=S. The van der Waals surface area contributed by atoms with Gasteiger partial charge in [0.25, 0.3) is 0 Å². The van der Waals surface area contributed by atoms with Gasteiger partial charge in [0.2, 0.25) is 0 Å². The second kappa shape index (κ2) is 6.03. The van der Waals surface area contributed by atoms with Gasteiger partial charge in [0, 0.05) is 9.89 Å². The van der Waals surface area contributed by atoms with Gasteiger partial charge in [-0.3, -0.25) is 0 Å². The zero-order valence-corrected chi connectivity index (χ0v) is 13.0. The van der Waals surface area contributed by atoms with Crippen molar-refractivity contribution < 1.29 is 4.74 Å². The van der Waals surface area contributed by atoms with Gasteiger partial charge >= 0.3 is 0 Å². The number of nitrogens with two attached hydrogens (primary N) is 1. The van der Waals surface area contributed by atoms with Crippen molar-refractivity contribution in [3.63, 3.8) is 0 Å². The average molecular weight is 337 g/mol. The maximum Gasteiger partial charge on any atom is 0.139 e. The highest BCUT2D eigenvalue weighted by Gasteiger charge is 2.21. The maximum absolute atomic E-state index is 6.01. The topological polar surface area (TPSA) is 35.2 Å². The van der Waals surface area contributed by atoms with Crippen molar-refractivity contribution in [3.05, 3.63) is 27.7 Å². The largest absolute Gasteiger partial charge is 0.492 e. The quantitative estimate of drug-likeness (QED) is 0.819. The van der Waals surface area contributed by atoms with E-state index in [4.69, 9.17) is 34.3 Å². The molecule has 1 aromatic rings. The highest BCUT2D eigenvalue weighted by Crippen LogP contribution is 2.29. The minimum atomic E-state index is -0.201. The molecule has 0 saturated heterocycles. The van der Waals surface area contributed by atoms with Crippen LogP contribution < -0.4 is 10.5 Å². The standard InChI is InChI=1S/C12H15BrClNOS/c1-12(2,11(15)17)5-6-16-10-7-8(13)3-4-9(10)14/h3-4,7H,5-6H2,1-2H3,(H2,15,17). The number of rotatable bonds is 5. The Morgan fingerprint density at radius 3 is 2.76 bits per heavy atom. The van der Waals surface area contributed by atoms with E-state index in [9.17, 15) is 0 Å². The van der Waals surface area contributed by atoms with Crippen LogP contribution in [0.1, 0.15) is 20.3 Å². The lowest BCUT2D eigenvalue weighted by Crippen LogP contribution is -2.31. The molecule has 1 aromatic carbocycles.